The number of nitrogens with one attached hydrogen (secondary N) is 1. The summed E-state index contributed by atoms with van der Waals surface area (Å²) < 4.78 is 1.78. The molecule has 0 fully saturated rings. The Bertz CT molecular complexity index is 594. The van der Waals surface area contributed by atoms with Crippen molar-refractivity contribution in [1.29, 1.82) is 0 Å². The summed E-state index contributed by atoms with van der Waals surface area (Å²) in [6, 6.07) is 6.93. The van der Waals surface area contributed by atoms with E-state index in [1.807, 2.05) is 13.1 Å². The molecule has 0 atom stereocenters. The van der Waals surface area contributed by atoms with Gasteiger partial charge in [-0.05, 0) is 18.2 Å². The van der Waals surface area contributed by atoms with Crippen molar-refractivity contribution in [3.05, 3.63) is 46.7 Å². The highest BCUT2D eigenvalue weighted by Gasteiger charge is 2.11. The minimum atomic E-state index is -0.223. The number of nitrogens with zero attached hydrogens (tertiary/aromatic N) is 2. The molecule has 1 aromatic carbocycles. The van der Waals surface area contributed by atoms with Crippen LogP contribution in [0.15, 0.2) is 30.5 Å². The van der Waals surface area contributed by atoms with E-state index in [1.54, 1.807) is 29.1 Å². The standard InChI is InChI=1S/C13H15ClN4O/c1-18-9(6-8-17-18)5-7-16-13(19)10-3-2-4-11(15)12(10)14/h2-4,6,8H,5,7,15H2,1H3,(H,16,19). The molecule has 0 aliphatic heterocycles. The summed E-state index contributed by atoms with van der Waals surface area (Å²) in [5.74, 6) is -0.223. The second kappa shape index (κ2) is 5.75. The van der Waals surface area contributed by atoms with E-state index in [4.69, 9.17) is 17.3 Å². The largest absolute Gasteiger partial charge is 0.398 e. The predicted molar refractivity (Wildman–Crippen MR) is 75.1 cm³/mol. The molecule has 0 aliphatic carbocycles. The van der Waals surface area contributed by atoms with Gasteiger partial charge in [-0.2, -0.15) is 5.10 Å². The summed E-state index contributed by atoms with van der Waals surface area (Å²) in [7, 11) is 1.87. The third kappa shape index (κ3) is 3.06. The van der Waals surface area contributed by atoms with E-state index in [0.717, 1.165) is 5.69 Å². The van der Waals surface area contributed by atoms with Gasteiger partial charge in [0.05, 0.1) is 16.3 Å². The number of carbonyl (C=O) groups is 1. The number of halogens is 1. The van der Waals surface area contributed by atoms with Gasteiger partial charge in [-0.25, -0.2) is 0 Å². The Hall–Kier alpha value is -2.01. The minimum Gasteiger partial charge on any atom is -0.398 e. The first-order chi connectivity index (χ1) is 9.09. The van der Waals surface area contributed by atoms with Crippen molar-refractivity contribution >= 4 is 23.2 Å². The third-order valence-corrected chi connectivity index (χ3v) is 3.28. The second-order valence-corrected chi connectivity index (χ2v) is 4.54. The first kappa shape index (κ1) is 13.4. The number of rotatable bonds is 4. The smallest absolute Gasteiger partial charge is 0.252 e. The Morgan fingerprint density at radius 2 is 2.26 bits per heavy atom. The topological polar surface area (TPSA) is 72.9 Å². The highest BCUT2D eigenvalue weighted by atomic mass is 35.5. The fraction of sp³-hybridized carbons (Fsp3) is 0.231. The number of amides is 1. The first-order valence-corrected chi connectivity index (χ1v) is 6.26. The molecule has 0 saturated heterocycles. The van der Waals surface area contributed by atoms with Crippen LogP contribution in [0.2, 0.25) is 5.02 Å². The van der Waals surface area contributed by atoms with Crippen molar-refractivity contribution < 1.29 is 4.79 Å². The van der Waals surface area contributed by atoms with E-state index < -0.39 is 0 Å². The van der Waals surface area contributed by atoms with Crippen LogP contribution in [0.1, 0.15) is 16.1 Å². The molecule has 1 amide bonds. The van der Waals surface area contributed by atoms with Gasteiger partial charge in [-0.15, -0.1) is 0 Å². The Morgan fingerprint density at radius 1 is 1.47 bits per heavy atom. The van der Waals surface area contributed by atoms with Crippen LogP contribution in [0.4, 0.5) is 5.69 Å². The number of anilines is 1. The molecule has 0 bridgehead atoms. The maximum atomic E-state index is 12.0. The summed E-state index contributed by atoms with van der Waals surface area (Å²) >= 11 is 5.99. The second-order valence-electron chi connectivity index (χ2n) is 4.16. The van der Waals surface area contributed by atoms with Gasteiger partial charge >= 0.3 is 0 Å². The highest BCUT2D eigenvalue weighted by Crippen LogP contribution is 2.22. The summed E-state index contributed by atoms with van der Waals surface area (Å²) in [6.45, 7) is 0.517. The average Bonchev–Trinajstić information content (AvgIpc) is 2.78. The number of hydrogen-bond acceptors (Lipinski definition) is 3. The normalized spacial score (nSPS) is 10.4. The molecule has 0 aliphatic rings. The van der Waals surface area contributed by atoms with Crippen molar-refractivity contribution in [3.8, 4) is 0 Å². The Labute approximate surface area is 116 Å². The number of carbonyl (C=O) groups excluding carboxylic acids is 1. The molecule has 5 nitrogen and oxygen atoms in total. The lowest BCUT2D eigenvalue weighted by Gasteiger charge is -2.08. The van der Waals surface area contributed by atoms with Crippen LogP contribution in [0, 0.1) is 0 Å². The van der Waals surface area contributed by atoms with Gasteiger partial charge in [0.1, 0.15) is 0 Å². The van der Waals surface area contributed by atoms with Crippen molar-refractivity contribution in [2.75, 3.05) is 12.3 Å². The fourth-order valence-corrected chi connectivity index (χ4v) is 1.98. The van der Waals surface area contributed by atoms with Gasteiger partial charge in [-0.3, -0.25) is 9.48 Å². The van der Waals surface area contributed by atoms with E-state index in [1.165, 1.54) is 0 Å². The van der Waals surface area contributed by atoms with E-state index in [-0.39, 0.29) is 5.91 Å². The van der Waals surface area contributed by atoms with Gasteiger partial charge < -0.3 is 11.1 Å². The SMILES string of the molecule is Cn1nccc1CCNC(=O)c1cccc(N)c1Cl. The van der Waals surface area contributed by atoms with Gasteiger partial charge in [0.15, 0.2) is 0 Å². The molecule has 2 aromatic rings. The molecule has 6 heteroatoms. The van der Waals surface area contributed by atoms with E-state index in [2.05, 4.69) is 10.4 Å². The number of aromatic nitrogens is 2. The van der Waals surface area contributed by atoms with Crippen LogP contribution < -0.4 is 11.1 Å². The van der Waals surface area contributed by atoms with Gasteiger partial charge in [0.2, 0.25) is 0 Å². The van der Waals surface area contributed by atoms with Crippen LogP contribution in [0.25, 0.3) is 0 Å². The highest BCUT2D eigenvalue weighted by molar-refractivity contribution is 6.36. The molecule has 0 saturated carbocycles. The zero-order chi connectivity index (χ0) is 13.8. The average molecular weight is 279 g/mol. The van der Waals surface area contributed by atoms with Gasteiger partial charge in [-0.1, -0.05) is 17.7 Å². The van der Waals surface area contributed by atoms with Crippen molar-refractivity contribution in [1.82, 2.24) is 15.1 Å². The zero-order valence-electron chi connectivity index (χ0n) is 10.6. The number of nitrogen functional groups attached to an aromatic ring is 1. The molecule has 0 spiro atoms. The van der Waals surface area contributed by atoms with Crippen LogP contribution in [0.3, 0.4) is 0 Å². The third-order valence-electron chi connectivity index (χ3n) is 2.86. The molecule has 1 heterocycles. The lowest BCUT2D eigenvalue weighted by atomic mass is 10.2. The van der Waals surface area contributed by atoms with Crippen molar-refractivity contribution in [2.24, 2.45) is 7.05 Å². The molecule has 3 N–H and O–H groups in total. The number of nitrogens with two attached hydrogens (primary N) is 1. The Kier molecular flexibility index (Phi) is 4.06. The fourth-order valence-electron chi connectivity index (χ4n) is 1.77. The van der Waals surface area contributed by atoms with E-state index in [9.17, 15) is 4.79 Å². The molecule has 1 aromatic heterocycles. The summed E-state index contributed by atoms with van der Waals surface area (Å²) in [6.07, 6.45) is 2.44. The van der Waals surface area contributed by atoms with Crippen LogP contribution in [-0.4, -0.2) is 22.2 Å². The molecular weight excluding hydrogens is 264 g/mol. The minimum absolute atomic E-state index is 0.223. The zero-order valence-corrected chi connectivity index (χ0v) is 11.3. The van der Waals surface area contributed by atoms with Crippen molar-refractivity contribution in [3.63, 3.8) is 0 Å². The molecule has 2 rings (SSSR count). The number of aryl methyl sites for hydroxylation is 1. The summed E-state index contributed by atoms with van der Waals surface area (Å²) in [5, 5.41) is 7.17. The Balaban J connectivity index is 1.95. The quantitative estimate of drug-likeness (QED) is 0.835. The van der Waals surface area contributed by atoms with Gasteiger partial charge in [0, 0.05) is 31.9 Å². The molecular formula is C13H15ClN4O. The lowest BCUT2D eigenvalue weighted by Crippen LogP contribution is -2.26. The Morgan fingerprint density at radius 3 is 2.95 bits per heavy atom. The van der Waals surface area contributed by atoms with Crippen molar-refractivity contribution in [2.45, 2.75) is 6.42 Å². The first-order valence-electron chi connectivity index (χ1n) is 5.88. The van der Waals surface area contributed by atoms with E-state index in [0.29, 0.717) is 29.2 Å². The molecule has 0 radical (unpaired) electrons. The summed E-state index contributed by atoms with van der Waals surface area (Å²) in [5.41, 5.74) is 7.51. The van der Waals surface area contributed by atoms with Crippen LogP contribution in [0.5, 0.6) is 0 Å². The number of hydrogen-bond donors (Lipinski definition) is 2. The van der Waals surface area contributed by atoms with Crippen LogP contribution >= 0.6 is 11.6 Å². The monoisotopic (exact) mass is 278 g/mol. The molecule has 100 valence electrons. The van der Waals surface area contributed by atoms with E-state index >= 15 is 0 Å². The maximum Gasteiger partial charge on any atom is 0.252 e. The summed E-state index contributed by atoms with van der Waals surface area (Å²) in [4.78, 5) is 12.0. The number of benzene rings is 1. The molecule has 19 heavy (non-hydrogen) atoms. The predicted octanol–water partition coefficient (Wildman–Crippen LogP) is 1.63. The van der Waals surface area contributed by atoms with Crippen LogP contribution in [-0.2, 0) is 13.5 Å². The lowest BCUT2D eigenvalue weighted by molar-refractivity contribution is 0.0954. The molecule has 0 unspecified atom stereocenters. The maximum absolute atomic E-state index is 12.0. The van der Waals surface area contributed by atoms with Gasteiger partial charge in [0.25, 0.3) is 5.91 Å².